The van der Waals surface area contributed by atoms with E-state index in [0.717, 1.165) is 16.8 Å². The number of hydrogen-bond acceptors (Lipinski definition) is 3. The summed E-state index contributed by atoms with van der Waals surface area (Å²) in [6.07, 6.45) is 0. The molecular weight excluding hydrogens is 290 g/mol. The van der Waals surface area contributed by atoms with Crippen molar-refractivity contribution in [3.8, 4) is 0 Å². The second-order valence-corrected chi connectivity index (χ2v) is 5.68. The van der Waals surface area contributed by atoms with Crippen LogP contribution in [0.2, 0.25) is 0 Å². The normalized spacial score (nSPS) is 10.4. The lowest BCUT2D eigenvalue weighted by Gasteiger charge is -2.16. The Morgan fingerprint density at radius 3 is 2.39 bits per heavy atom. The predicted octanol–water partition coefficient (Wildman–Crippen LogP) is 3.91. The second-order valence-electron chi connectivity index (χ2n) is 5.68. The number of ether oxygens (including phenoxy) is 1. The predicted molar refractivity (Wildman–Crippen MR) is 90.6 cm³/mol. The molecule has 2 rings (SSSR count). The van der Waals surface area contributed by atoms with Gasteiger partial charge in [-0.1, -0.05) is 50.2 Å². The molecule has 0 aliphatic rings. The van der Waals surface area contributed by atoms with Gasteiger partial charge < -0.3 is 10.1 Å². The van der Waals surface area contributed by atoms with E-state index >= 15 is 0 Å². The van der Waals surface area contributed by atoms with Crippen LogP contribution in [0.15, 0.2) is 48.5 Å². The van der Waals surface area contributed by atoms with Gasteiger partial charge in [0.2, 0.25) is 0 Å². The van der Waals surface area contributed by atoms with Crippen molar-refractivity contribution >= 4 is 17.6 Å². The fourth-order valence-corrected chi connectivity index (χ4v) is 2.31. The molecular formula is C19H21NO3. The van der Waals surface area contributed by atoms with E-state index < -0.39 is 5.97 Å². The number of esters is 1. The highest BCUT2D eigenvalue weighted by Crippen LogP contribution is 2.27. The lowest BCUT2D eigenvalue weighted by molar-refractivity contribution is -0.119. The van der Waals surface area contributed by atoms with Gasteiger partial charge in [-0.2, -0.15) is 0 Å². The van der Waals surface area contributed by atoms with Crippen molar-refractivity contribution in [2.75, 3.05) is 11.9 Å². The maximum atomic E-state index is 12.1. The third kappa shape index (κ3) is 4.42. The number of aryl methyl sites for hydroxylation is 1. The number of para-hydroxylation sites is 1. The Balaban J connectivity index is 1.99. The zero-order chi connectivity index (χ0) is 16.8. The van der Waals surface area contributed by atoms with Crippen LogP contribution in [0.1, 0.15) is 41.3 Å². The van der Waals surface area contributed by atoms with Crippen molar-refractivity contribution in [1.82, 2.24) is 0 Å². The third-order valence-electron chi connectivity index (χ3n) is 3.54. The SMILES string of the molecule is Cc1cccc(C(C)C)c1NC(=O)COC(=O)c1ccccc1. The summed E-state index contributed by atoms with van der Waals surface area (Å²) in [5.41, 5.74) is 3.27. The largest absolute Gasteiger partial charge is 0.452 e. The summed E-state index contributed by atoms with van der Waals surface area (Å²) in [5, 5.41) is 2.85. The molecule has 1 amide bonds. The van der Waals surface area contributed by atoms with Crippen LogP contribution in [0.25, 0.3) is 0 Å². The van der Waals surface area contributed by atoms with Crippen molar-refractivity contribution in [3.63, 3.8) is 0 Å². The summed E-state index contributed by atoms with van der Waals surface area (Å²) >= 11 is 0. The fourth-order valence-electron chi connectivity index (χ4n) is 2.31. The minimum absolute atomic E-state index is 0.289. The zero-order valence-corrected chi connectivity index (χ0v) is 13.6. The minimum atomic E-state index is -0.505. The zero-order valence-electron chi connectivity index (χ0n) is 13.6. The van der Waals surface area contributed by atoms with Gasteiger partial charge in [0.1, 0.15) is 0 Å². The molecule has 0 radical (unpaired) electrons. The molecule has 0 unspecified atom stereocenters. The van der Waals surface area contributed by atoms with Gasteiger partial charge in [-0.05, 0) is 36.1 Å². The van der Waals surface area contributed by atoms with Gasteiger partial charge in [0.05, 0.1) is 5.56 Å². The first-order valence-electron chi connectivity index (χ1n) is 7.60. The van der Waals surface area contributed by atoms with E-state index in [-0.39, 0.29) is 18.4 Å². The van der Waals surface area contributed by atoms with Gasteiger partial charge in [0, 0.05) is 5.69 Å². The number of carbonyl (C=O) groups excluding carboxylic acids is 2. The second kappa shape index (κ2) is 7.58. The lowest BCUT2D eigenvalue weighted by Crippen LogP contribution is -2.22. The molecule has 0 spiro atoms. The molecule has 0 saturated carbocycles. The Hall–Kier alpha value is -2.62. The van der Waals surface area contributed by atoms with Crippen molar-refractivity contribution in [2.45, 2.75) is 26.7 Å². The highest BCUT2D eigenvalue weighted by Gasteiger charge is 2.14. The number of hydrogen-bond donors (Lipinski definition) is 1. The summed E-state index contributed by atoms with van der Waals surface area (Å²) in [6, 6.07) is 14.5. The molecule has 120 valence electrons. The van der Waals surface area contributed by atoms with Crippen LogP contribution < -0.4 is 5.32 Å². The monoisotopic (exact) mass is 311 g/mol. The molecule has 2 aromatic rings. The first-order valence-corrected chi connectivity index (χ1v) is 7.60. The molecule has 0 atom stereocenters. The van der Waals surface area contributed by atoms with E-state index in [2.05, 4.69) is 19.2 Å². The number of nitrogens with one attached hydrogen (secondary N) is 1. The first kappa shape index (κ1) is 16.7. The summed E-state index contributed by atoms with van der Waals surface area (Å²) < 4.78 is 5.05. The fraction of sp³-hybridized carbons (Fsp3) is 0.263. The van der Waals surface area contributed by atoms with Crippen LogP contribution in [0.3, 0.4) is 0 Å². The maximum absolute atomic E-state index is 12.1. The van der Waals surface area contributed by atoms with Crippen molar-refractivity contribution in [3.05, 3.63) is 65.2 Å². The van der Waals surface area contributed by atoms with Crippen LogP contribution in [0, 0.1) is 6.92 Å². The number of carbonyl (C=O) groups is 2. The summed E-state index contributed by atoms with van der Waals surface area (Å²) in [4.78, 5) is 23.9. The molecule has 2 aromatic carbocycles. The van der Waals surface area contributed by atoms with Crippen LogP contribution in [0.4, 0.5) is 5.69 Å². The van der Waals surface area contributed by atoms with Gasteiger partial charge in [-0.15, -0.1) is 0 Å². The third-order valence-corrected chi connectivity index (χ3v) is 3.54. The minimum Gasteiger partial charge on any atom is -0.452 e. The van der Waals surface area contributed by atoms with Crippen LogP contribution in [-0.2, 0) is 9.53 Å². The Morgan fingerprint density at radius 1 is 1.04 bits per heavy atom. The summed E-state index contributed by atoms with van der Waals surface area (Å²) in [5.74, 6) is -0.558. The van der Waals surface area contributed by atoms with Crippen LogP contribution in [0.5, 0.6) is 0 Å². The highest BCUT2D eigenvalue weighted by molar-refractivity contribution is 5.96. The molecule has 0 saturated heterocycles. The van der Waals surface area contributed by atoms with Crippen LogP contribution >= 0.6 is 0 Å². The van der Waals surface area contributed by atoms with E-state index in [1.807, 2.05) is 31.2 Å². The molecule has 4 nitrogen and oxygen atoms in total. The van der Waals surface area contributed by atoms with Crippen molar-refractivity contribution in [1.29, 1.82) is 0 Å². The quantitative estimate of drug-likeness (QED) is 0.852. The van der Waals surface area contributed by atoms with Gasteiger partial charge >= 0.3 is 5.97 Å². The Labute approximate surface area is 136 Å². The number of amides is 1. The van der Waals surface area contributed by atoms with Gasteiger partial charge in [0.15, 0.2) is 6.61 Å². The topological polar surface area (TPSA) is 55.4 Å². The van der Waals surface area contributed by atoms with E-state index in [9.17, 15) is 9.59 Å². The average molecular weight is 311 g/mol. The van der Waals surface area contributed by atoms with Gasteiger partial charge in [-0.3, -0.25) is 4.79 Å². The number of anilines is 1. The standard InChI is InChI=1S/C19H21NO3/c1-13(2)16-11-7-8-14(3)18(16)20-17(21)12-23-19(22)15-9-5-4-6-10-15/h4-11,13H,12H2,1-3H3,(H,20,21). The molecule has 23 heavy (non-hydrogen) atoms. The Morgan fingerprint density at radius 2 is 1.74 bits per heavy atom. The molecule has 0 aliphatic heterocycles. The lowest BCUT2D eigenvalue weighted by atomic mass is 9.98. The van der Waals surface area contributed by atoms with Crippen molar-refractivity contribution in [2.24, 2.45) is 0 Å². The van der Waals surface area contributed by atoms with Gasteiger partial charge in [0.25, 0.3) is 5.91 Å². The molecule has 0 fully saturated rings. The molecule has 0 heterocycles. The summed E-state index contributed by atoms with van der Waals surface area (Å²) in [7, 11) is 0. The molecule has 0 bridgehead atoms. The Kier molecular flexibility index (Phi) is 5.52. The molecule has 0 aliphatic carbocycles. The van der Waals surface area contributed by atoms with E-state index in [1.54, 1.807) is 24.3 Å². The first-order chi connectivity index (χ1) is 11.0. The number of rotatable bonds is 5. The van der Waals surface area contributed by atoms with E-state index in [0.29, 0.717) is 5.56 Å². The van der Waals surface area contributed by atoms with Crippen molar-refractivity contribution < 1.29 is 14.3 Å². The average Bonchev–Trinajstić information content (AvgIpc) is 2.55. The molecule has 4 heteroatoms. The maximum Gasteiger partial charge on any atom is 0.338 e. The molecule has 1 N–H and O–H groups in total. The summed E-state index contributed by atoms with van der Waals surface area (Å²) in [6.45, 7) is 5.77. The molecule has 0 aromatic heterocycles. The van der Waals surface area contributed by atoms with Crippen LogP contribution in [-0.4, -0.2) is 18.5 Å². The van der Waals surface area contributed by atoms with Gasteiger partial charge in [-0.25, -0.2) is 4.79 Å². The van der Waals surface area contributed by atoms with E-state index in [4.69, 9.17) is 4.74 Å². The highest BCUT2D eigenvalue weighted by atomic mass is 16.5. The van der Waals surface area contributed by atoms with E-state index in [1.165, 1.54) is 0 Å². The number of benzene rings is 2. The smallest absolute Gasteiger partial charge is 0.338 e. The Bertz CT molecular complexity index is 693.